The first-order valence-corrected chi connectivity index (χ1v) is 4.61. The molecule has 1 amide bonds. The Morgan fingerprint density at radius 3 is 2.93 bits per heavy atom. The summed E-state index contributed by atoms with van der Waals surface area (Å²) in [4.78, 5) is 11.5. The van der Waals surface area contributed by atoms with E-state index >= 15 is 0 Å². The van der Waals surface area contributed by atoms with Gasteiger partial charge < -0.3 is 10.4 Å². The molecule has 0 radical (unpaired) electrons. The number of benzene rings is 1. The van der Waals surface area contributed by atoms with Crippen LogP contribution in [0.4, 0.5) is 0 Å². The van der Waals surface area contributed by atoms with Crippen LogP contribution in [-0.2, 0) is 0 Å². The molecule has 15 heavy (non-hydrogen) atoms. The van der Waals surface area contributed by atoms with Crippen LogP contribution in [0.5, 0.6) is 5.75 Å². The van der Waals surface area contributed by atoms with Crippen molar-refractivity contribution in [3.05, 3.63) is 28.8 Å². The van der Waals surface area contributed by atoms with Crippen molar-refractivity contribution in [1.82, 2.24) is 5.32 Å². The van der Waals surface area contributed by atoms with E-state index < -0.39 is 11.9 Å². The van der Waals surface area contributed by atoms with Gasteiger partial charge in [0, 0.05) is 5.02 Å². The van der Waals surface area contributed by atoms with E-state index in [1.807, 2.05) is 6.07 Å². The fraction of sp³-hybridized carbons (Fsp3) is 0.200. The normalized spacial score (nSPS) is 11.5. The van der Waals surface area contributed by atoms with Gasteiger partial charge in [0.25, 0.3) is 5.91 Å². The maximum absolute atomic E-state index is 11.5. The number of rotatable bonds is 2. The minimum absolute atomic E-state index is 0.0598. The Labute approximate surface area is 92.1 Å². The molecule has 0 saturated heterocycles. The monoisotopic (exact) mass is 224 g/mol. The first-order valence-electron chi connectivity index (χ1n) is 4.23. The van der Waals surface area contributed by atoms with Crippen molar-refractivity contribution in [2.24, 2.45) is 0 Å². The Morgan fingerprint density at radius 1 is 1.67 bits per heavy atom. The van der Waals surface area contributed by atoms with Crippen LogP contribution >= 0.6 is 11.6 Å². The van der Waals surface area contributed by atoms with Gasteiger partial charge in [0.15, 0.2) is 0 Å². The number of nitriles is 1. The van der Waals surface area contributed by atoms with Gasteiger partial charge in [-0.3, -0.25) is 4.79 Å². The van der Waals surface area contributed by atoms with Gasteiger partial charge in [-0.15, -0.1) is 0 Å². The number of amides is 1. The molecule has 1 unspecified atom stereocenters. The number of nitrogens with zero attached hydrogens (tertiary/aromatic N) is 1. The Balaban J connectivity index is 2.92. The van der Waals surface area contributed by atoms with E-state index in [9.17, 15) is 9.90 Å². The van der Waals surface area contributed by atoms with Gasteiger partial charge in [-0.25, -0.2) is 0 Å². The number of nitrogens with one attached hydrogen (secondary N) is 1. The fourth-order valence-electron chi connectivity index (χ4n) is 0.997. The molecule has 0 aliphatic rings. The van der Waals surface area contributed by atoms with Gasteiger partial charge in [0.2, 0.25) is 0 Å². The van der Waals surface area contributed by atoms with Crippen LogP contribution in [0.3, 0.4) is 0 Å². The second-order valence-electron chi connectivity index (χ2n) is 2.99. The maximum Gasteiger partial charge on any atom is 0.256 e. The van der Waals surface area contributed by atoms with Crippen LogP contribution in [0.1, 0.15) is 17.3 Å². The minimum atomic E-state index is -0.615. The molecule has 0 aliphatic heterocycles. The van der Waals surface area contributed by atoms with Crippen LogP contribution in [0.2, 0.25) is 5.02 Å². The van der Waals surface area contributed by atoms with Gasteiger partial charge in [-0.1, -0.05) is 11.6 Å². The van der Waals surface area contributed by atoms with Gasteiger partial charge in [-0.05, 0) is 25.1 Å². The lowest BCUT2D eigenvalue weighted by molar-refractivity contribution is 0.0945. The molecule has 0 bridgehead atoms. The highest BCUT2D eigenvalue weighted by molar-refractivity contribution is 6.31. The fourth-order valence-corrected chi connectivity index (χ4v) is 1.17. The van der Waals surface area contributed by atoms with E-state index in [0.717, 1.165) is 0 Å². The molecule has 0 saturated carbocycles. The molecule has 1 atom stereocenters. The SMILES string of the molecule is CC(C#N)NC(=O)c1cc(Cl)ccc1O. The summed E-state index contributed by atoms with van der Waals surface area (Å²) >= 11 is 5.68. The summed E-state index contributed by atoms with van der Waals surface area (Å²) < 4.78 is 0. The smallest absolute Gasteiger partial charge is 0.256 e. The summed E-state index contributed by atoms with van der Waals surface area (Å²) in [6.45, 7) is 1.54. The molecule has 0 aromatic heterocycles. The molecule has 0 aliphatic carbocycles. The van der Waals surface area contributed by atoms with Crippen LogP contribution < -0.4 is 5.32 Å². The summed E-state index contributed by atoms with van der Waals surface area (Å²) in [7, 11) is 0. The number of phenols is 1. The van der Waals surface area contributed by atoms with Crippen LogP contribution in [0, 0.1) is 11.3 Å². The van der Waals surface area contributed by atoms with E-state index in [1.165, 1.54) is 18.2 Å². The number of aromatic hydroxyl groups is 1. The van der Waals surface area contributed by atoms with Crippen molar-refractivity contribution in [2.45, 2.75) is 13.0 Å². The molecule has 4 nitrogen and oxygen atoms in total. The topological polar surface area (TPSA) is 73.1 Å². The van der Waals surface area contributed by atoms with Crippen molar-refractivity contribution >= 4 is 17.5 Å². The van der Waals surface area contributed by atoms with Gasteiger partial charge in [0.05, 0.1) is 11.6 Å². The molecule has 0 spiro atoms. The zero-order chi connectivity index (χ0) is 11.4. The predicted molar refractivity (Wildman–Crippen MR) is 55.7 cm³/mol. The molecule has 0 fully saturated rings. The number of carbonyl (C=O) groups excluding carboxylic acids is 1. The van der Waals surface area contributed by atoms with E-state index in [-0.39, 0.29) is 11.3 Å². The summed E-state index contributed by atoms with van der Waals surface area (Å²) in [6, 6.07) is 5.38. The highest BCUT2D eigenvalue weighted by atomic mass is 35.5. The average molecular weight is 225 g/mol. The van der Waals surface area contributed by atoms with Crippen LogP contribution in [0.15, 0.2) is 18.2 Å². The molecular weight excluding hydrogens is 216 g/mol. The lowest BCUT2D eigenvalue weighted by atomic mass is 10.2. The second-order valence-corrected chi connectivity index (χ2v) is 3.42. The van der Waals surface area contributed by atoms with Crippen molar-refractivity contribution < 1.29 is 9.90 Å². The zero-order valence-corrected chi connectivity index (χ0v) is 8.75. The average Bonchev–Trinajstić information content (AvgIpc) is 2.21. The quantitative estimate of drug-likeness (QED) is 0.803. The molecule has 2 N–H and O–H groups in total. The largest absolute Gasteiger partial charge is 0.507 e. The zero-order valence-electron chi connectivity index (χ0n) is 7.99. The van der Waals surface area contributed by atoms with Crippen molar-refractivity contribution in [1.29, 1.82) is 5.26 Å². The van der Waals surface area contributed by atoms with Crippen molar-refractivity contribution in [3.8, 4) is 11.8 Å². The highest BCUT2D eigenvalue weighted by Crippen LogP contribution is 2.21. The van der Waals surface area contributed by atoms with E-state index in [0.29, 0.717) is 5.02 Å². The number of halogens is 1. The summed E-state index contributed by atoms with van der Waals surface area (Å²) in [5, 5.41) is 20.6. The Bertz CT molecular complexity index is 426. The Morgan fingerprint density at radius 2 is 2.33 bits per heavy atom. The number of carbonyl (C=O) groups is 1. The Hall–Kier alpha value is -1.73. The maximum atomic E-state index is 11.5. The van der Waals surface area contributed by atoms with Gasteiger partial charge >= 0.3 is 0 Å². The number of hydrogen-bond donors (Lipinski definition) is 2. The van der Waals surface area contributed by atoms with E-state index in [1.54, 1.807) is 6.92 Å². The third-order valence-electron chi connectivity index (χ3n) is 1.74. The van der Waals surface area contributed by atoms with Crippen molar-refractivity contribution in [3.63, 3.8) is 0 Å². The van der Waals surface area contributed by atoms with Crippen LogP contribution in [0.25, 0.3) is 0 Å². The molecule has 78 valence electrons. The van der Waals surface area contributed by atoms with Crippen LogP contribution in [-0.4, -0.2) is 17.1 Å². The first kappa shape index (κ1) is 11.3. The molecule has 1 aromatic carbocycles. The van der Waals surface area contributed by atoms with E-state index in [2.05, 4.69) is 5.32 Å². The standard InChI is InChI=1S/C10H9ClN2O2/c1-6(5-12)13-10(15)8-4-7(11)2-3-9(8)14/h2-4,6,14H,1H3,(H,13,15). The Kier molecular flexibility index (Phi) is 3.53. The molecule has 1 aromatic rings. The molecule has 5 heteroatoms. The lowest BCUT2D eigenvalue weighted by Crippen LogP contribution is -2.31. The predicted octanol–water partition coefficient (Wildman–Crippen LogP) is 1.69. The van der Waals surface area contributed by atoms with Crippen molar-refractivity contribution in [2.75, 3.05) is 0 Å². The van der Waals surface area contributed by atoms with Gasteiger partial charge in [0.1, 0.15) is 11.8 Å². The minimum Gasteiger partial charge on any atom is -0.507 e. The molecular formula is C10H9ClN2O2. The van der Waals surface area contributed by atoms with E-state index in [4.69, 9.17) is 16.9 Å². The first-order chi connectivity index (χ1) is 7.04. The third kappa shape index (κ3) is 2.86. The highest BCUT2D eigenvalue weighted by Gasteiger charge is 2.13. The third-order valence-corrected chi connectivity index (χ3v) is 1.98. The lowest BCUT2D eigenvalue weighted by Gasteiger charge is -2.07. The van der Waals surface area contributed by atoms with Gasteiger partial charge in [-0.2, -0.15) is 5.26 Å². The molecule has 0 heterocycles. The molecule has 1 rings (SSSR count). The summed E-state index contributed by atoms with van der Waals surface area (Å²) in [5.41, 5.74) is 0.0598. The summed E-state index contributed by atoms with van der Waals surface area (Å²) in [6.07, 6.45) is 0. The summed E-state index contributed by atoms with van der Waals surface area (Å²) in [5.74, 6) is -0.689. The number of phenolic OH excluding ortho intramolecular Hbond substituents is 1. The second kappa shape index (κ2) is 4.67. The number of hydrogen-bond acceptors (Lipinski definition) is 3.